The lowest BCUT2D eigenvalue weighted by Gasteiger charge is -2.28. The number of aliphatic hydroxyl groups is 2. The van der Waals surface area contributed by atoms with E-state index >= 15 is 0 Å². The molecule has 4 N–H and O–H groups in total. The van der Waals surface area contributed by atoms with Crippen LogP contribution in [0.1, 0.15) is 38.3 Å². The van der Waals surface area contributed by atoms with E-state index < -0.39 is 29.9 Å². The van der Waals surface area contributed by atoms with Crippen LogP contribution in [0.3, 0.4) is 0 Å². The predicted octanol–water partition coefficient (Wildman–Crippen LogP) is 1.27. The summed E-state index contributed by atoms with van der Waals surface area (Å²) in [5.41, 5.74) is -1.90. The fourth-order valence-electron chi connectivity index (χ4n) is 2.48. The number of benzene rings is 2. The van der Waals surface area contributed by atoms with Crippen LogP contribution in [0.15, 0.2) is 48.5 Å². The van der Waals surface area contributed by atoms with Gasteiger partial charge in [-0.05, 0) is 35.4 Å². The van der Waals surface area contributed by atoms with Gasteiger partial charge in [0, 0.05) is 6.42 Å². The van der Waals surface area contributed by atoms with Crippen LogP contribution >= 0.6 is 0 Å². The first kappa shape index (κ1) is 18.3. The summed E-state index contributed by atoms with van der Waals surface area (Å²) in [6.07, 6.45) is -0.322. The summed E-state index contributed by atoms with van der Waals surface area (Å²) in [5.74, 6) is -2.99. The second-order valence-corrected chi connectivity index (χ2v) is 5.37. The molecule has 0 saturated carbocycles. The number of aromatic carboxylic acids is 2. The minimum absolute atomic E-state index is 0.0121. The van der Waals surface area contributed by atoms with Gasteiger partial charge in [0.15, 0.2) is 11.4 Å². The number of carboxylic acid groups (broad SMARTS) is 2. The number of carbonyl (C=O) groups excluding carboxylic acids is 1. The molecule has 2 aromatic rings. The number of aliphatic hydroxyl groups excluding tert-OH is 1. The van der Waals surface area contributed by atoms with E-state index in [9.17, 15) is 19.5 Å². The number of ketones is 1. The van der Waals surface area contributed by atoms with Crippen LogP contribution in [0, 0.1) is 0 Å². The van der Waals surface area contributed by atoms with Gasteiger partial charge in [-0.3, -0.25) is 4.79 Å². The van der Waals surface area contributed by atoms with Gasteiger partial charge in [-0.25, -0.2) is 9.59 Å². The summed E-state index contributed by atoms with van der Waals surface area (Å²) >= 11 is 0. The van der Waals surface area contributed by atoms with E-state index in [1.165, 1.54) is 48.5 Å². The van der Waals surface area contributed by atoms with Crippen LogP contribution in [0.5, 0.6) is 0 Å². The van der Waals surface area contributed by atoms with Gasteiger partial charge in [0.2, 0.25) is 0 Å². The van der Waals surface area contributed by atoms with Crippen LogP contribution in [-0.4, -0.2) is 44.8 Å². The number of hydrogen-bond acceptors (Lipinski definition) is 5. The number of carboxylic acids is 2. The third-order valence-electron chi connectivity index (χ3n) is 3.84. The van der Waals surface area contributed by atoms with Gasteiger partial charge in [0.05, 0.1) is 17.7 Å². The van der Waals surface area contributed by atoms with Crippen molar-refractivity contribution in [2.75, 3.05) is 6.61 Å². The Morgan fingerprint density at radius 1 is 0.760 bits per heavy atom. The van der Waals surface area contributed by atoms with Crippen LogP contribution in [-0.2, 0) is 10.4 Å². The molecule has 7 nitrogen and oxygen atoms in total. The first-order valence-corrected chi connectivity index (χ1v) is 7.35. The van der Waals surface area contributed by atoms with Crippen molar-refractivity contribution in [3.05, 3.63) is 70.8 Å². The van der Waals surface area contributed by atoms with Gasteiger partial charge in [0.1, 0.15) is 0 Å². The maximum Gasteiger partial charge on any atom is 0.335 e. The zero-order valence-corrected chi connectivity index (χ0v) is 13.0. The highest BCUT2D eigenvalue weighted by Gasteiger charge is 2.39. The Morgan fingerprint density at radius 2 is 1.12 bits per heavy atom. The molecule has 0 spiro atoms. The molecule has 0 heterocycles. The van der Waals surface area contributed by atoms with E-state index in [2.05, 4.69) is 0 Å². The molecule has 0 amide bonds. The largest absolute Gasteiger partial charge is 0.478 e. The Morgan fingerprint density at radius 3 is 1.40 bits per heavy atom. The lowest BCUT2D eigenvalue weighted by Crippen LogP contribution is -2.37. The van der Waals surface area contributed by atoms with Gasteiger partial charge in [-0.2, -0.15) is 0 Å². The standard InChI is InChI=1S/C18H16O7/c19-10-9-15(20)18(25,13-5-1-11(2-6-13)16(21)22)14-7-3-12(4-8-14)17(23)24/h1-8,19,25H,9-10H2,(H,21,22)(H,23,24). The Bertz CT molecular complexity index is 734. The summed E-state index contributed by atoms with van der Waals surface area (Å²) in [4.78, 5) is 34.4. The van der Waals surface area contributed by atoms with Crippen molar-refractivity contribution in [1.29, 1.82) is 0 Å². The molecule has 7 heteroatoms. The molecule has 0 aliphatic carbocycles. The molecule has 130 valence electrons. The van der Waals surface area contributed by atoms with Crippen molar-refractivity contribution < 1.29 is 34.8 Å². The minimum atomic E-state index is -2.13. The number of hydrogen-bond donors (Lipinski definition) is 4. The molecule has 25 heavy (non-hydrogen) atoms. The fraction of sp³-hybridized carbons (Fsp3) is 0.167. The molecular weight excluding hydrogens is 328 g/mol. The summed E-state index contributed by atoms with van der Waals surface area (Å²) in [6, 6.07) is 10.2. The van der Waals surface area contributed by atoms with Gasteiger partial charge < -0.3 is 20.4 Å². The summed E-state index contributed by atoms with van der Waals surface area (Å²) in [6.45, 7) is -0.471. The molecule has 0 atom stereocenters. The van der Waals surface area contributed by atoms with Crippen molar-refractivity contribution in [3.63, 3.8) is 0 Å². The van der Waals surface area contributed by atoms with Crippen molar-refractivity contribution in [3.8, 4) is 0 Å². The molecule has 0 aliphatic heterocycles. The smallest absolute Gasteiger partial charge is 0.335 e. The van der Waals surface area contributed by atoms with Crippen molar-refractivity contribution >= 4 is 17.7 Å². The highest BCUT2D eigenvalue weighted by atomic mass is 16.4. The van der Waals surface area contributed by atoms with Crippen LogP contribution in [0.25, 0.3) is 0 Å². The van der Waals surface area contributed by atoms with Gasteiger partial charge in [-0.1, -0.05) is 24.3 Å². The summed E-state index contributed by atoms with van der Waals surface area (Å²) < 4.78 is 0. The molecule has 2 aromatic carbocycles. The van der Waals surface area contributed by atoms with E-state index in [4.69, 9.17) is 15.3 Å². The monoisotopic (exact) mass is 344 g/mol. The number of Topliss-reactive ketones (excluding diaryl/α,β-unsaturated/α-hetero) is 1. The quantitative estimate of drug-likeness (QED) is 0.594. The zero-order valence-electron chi connectivity index (χ0n) is 13.0. The fourth-order valence-corrected chi connectivity index (χ4v) is 2.48. The van der Waals surface area contributed by atoms with Crippen LogP contribution in [0.2, 0.25) is 0 Å². The Hall–Kier alpha value is -3.03. The first-order valence-electron chi connectivity index (χ1n) is 7.35. The Balaban J connectivity index is 2.55. The van der Waals surface area contributed by atoms with Crippen molar-refractivity contribution in [2.24, 2.45) is 0 Å². The molecule has 0 unspecified atom stereocenters. The topological polar surface area (TPSA) is 132 Å². The van der Waals surface area contributed by atoms with Crippen LogP contribution < -0.4 is 0 Å². The predicted molar refractivity (Wildman–Crippen MR) is 86.5 cm³/mol. The average molecular weight is 344 g/mol. The van der Waals surface area contributed by atoms with E-state index in [0.717, 1.165) is 0 Å². The zero-order chi connectivity index (χ0) is 18.6. The maximum absolute atomic E-state index is 12.5. The van der Waals surface area contributed by atoms with Crippen molar-refractivity contribution in [2.45, 2.75) is 12.0 Å². The molecule has 0 fully saturated rings. The van der Waals surface area contributed by atoms with E-state index in [0.29, 0.717) is 0 Å². The van der Waals surface area contributed by atoms with Gasteiger partial charge >= 0.3 is 11.9 Å². The lowest BCUT2D eigenvalue weighted by atomic mass is 9.81. The number of rotatable bonds is 7. The lowest BCUT2D eigenvalue weighted by molar-refractivity contribution is -0.135. The van der Waals surface area contributed by atoms with E-state index in [1.807, 2.05) is 0 Å². The molecule has 0 aromatic heterocycles. The molecule has 0 aliphatic rings. The third-order valence-corrected chi connectivity index (χ3v) is 3.84. The van der Waals surface area contributed by atoms with Crippen molar-refractivity contribution in [1.82, 2.24) is 0 Å². The maximum atomic E-state index is 12.5. The van der Waals surface area contributed by atoms with Gasteiger partial charge in [-0.15, -0.1) is 0 Å². The summed E-state index contributed by atoms with van der Waals surface area (Å²) in [7, 11) is 0. The molecule has 0 radical (unpaired) electrons. The SMILES string of the molecule is O=C(O)c1ccc(C(O)(C(=O)CCO)c2ccc(C(=O)O)cc2)cc1. The second-order valence-electron chi connectivity index (χ2n) is 5.37. The third kappa shape index (κ3) is 3.57. The normalized spacial score (nSPS) is 11.1. The first-order chi connectivity index (χ1) is 11.8. The van der Waals surface area contributed by atoms with Crippen LogP contribution in [0.4, 0.5) is 0 Å². The highest BCUT2D eigenvalue weighted by Crippen LogP contribution is 2.32. The van der Waals surface area contributed by atoms with E-state index in [-0.39, 0.29) is 28.7 Å². The number of carbonyl (C=O) groups is 3. The second kappa shape index (κ2) is 7.25. The van der Waals surface area contributed by atoms with Gasteiger partial charge in [0.25, 0.3) is 0 Å². The molecular formula is C18H16O7. The molecule has 0 saturated heterocycles. The Kier molecular flexibility index (Phi) is 5.31. The minimum Gasteiger partial charge on any atom is -0.478 e. The average Bonchev–Trinajstić information content (AvgIpc) is 2.61. The Labute approximate surface area is 142 Å². The molecule has 0 bridgehead atoms. The molecule has 2 rings (SSSR count). The highest BCUT2D eigenvalue weighted by molar-refractivity contribution is 5.93. The summed E-state index contributed by atoms with van der Waals surface area (Å²) in [5, 5.41) is 38.0. The van der Waals surface area contributed by atoms with E-state index in [1.54, 1.807) is 0 Å².